The third-order valence-corrected chi connectivity index (χ3v) is 8.26. The summed E-state index contributed by atoms with van der Waals surface area (Å²) in [5.74, 6) is -1.61. The molecule has 0 radical (unpaired) electrons. The molecule has 2 unspecified atom stereocenters. The number of anilines is 2. The largest absolute Gasteiger partial charge is 0.440 e. The summed E-state index contributed by atoms with van der Waals surface area (Å²) in [6, 6.07) is 14.7. The zero-order valence-corrected chi connectivity index (χ0v) is 22.9. The topological polar surface area (TPSA) is 106 Å². The number of hydrogen-bond donors (Lipinski definition) is 0. The van der Waals surface area contributed by atoms with Crippen molar-refractivity contribution in [1.82, 2.24) is 4.90 Å². The lowest BCUT2D eigenvalue weighted by Crippen LogP contribution is -2.43. The predicted octanol–water partition coefficient (Wildman–Crippen LogP) is 2.43. The van der Waals surface area contributed by atoms with E-state index in [0.717, 1.165) is 5.69 Å². The van der Waals surface area contributed by atoms with E-state index in [0.29, 0.717) is 67.4 Å². The van der Waals surface area contributed by atoms with Crippen LogP contribution in [0.2, 0.25) is 0 Å². The molecule has 2 aromatic carbocycles. The van der Waals surface area contributed by atoms with Crippen molar-refractivity contribution in [3.63, 3.8) is 0 Å². The molecule has 10 heteroatoms. The van der Waals surface area contributed by atoms with Crippen LogP contribution in [0, 0.1) is 0 Å². The molecule has 4 aliphatic heterocycles. The first-order valence-corrected chi connectivity index (χ1v) is 13.6. The molecule has 2 spiro atoms. The van der Waals surface area contributed by atoms with Crippen LogP contribution in [0.1, 0.15) is 24.0 Å². The molecule has 0 aromatic heterocycles. The monoisotopic (exact) mass is 557 g/mol. The maximum Gasteiger partial charge on any atom is 0.335 e. The first-order valence-electron chi connectivity index (χ1n) is 13.6. The molecule has 2 aromatic rings. The van der Waals surface area contributed by atoms with E-state index < -0.39 is 23.1 Å². The number of likely N-dealkylation sites (N-methyl/N-ethyl adjacent to an activating group) is 1. The Hall–Kier alpha value is -4.28. The molecule has 0 N–H and O–H groups in total. The first-order chi connectivity index (χ1) is 19.7. The van der Waals surface area contributed by atoms with E-state index in [-0.39, 0.29) is 24.7 Å². The fourth-order valence-corrected chi connectivity index (χ4v) is 6.11. The molecule has 4 heterocycles. The van der Waals surface area contributed by atoms with Crippen molar-refractivity contribution < 1.29 is 33.4 Å². The minimum Gasteiger partial charge on any atom is -0.440 e. The molecule has 10 nitrogen and oxygen atoms in total. The Labute approximate surface area is 237 Å². The fourth-order valence-electron chi connectivity index (χ4n) is 6.11. The number of para-hydroxylation sites is 2. The lowest BCUT2D eigenvalue weighted by atomic mass is 9.91. The van der Waals surface area contributed by atoms with Crippen LogP contribution < -0.4 is 9.80 Å². The molecule has 41 heavy (non-hydrogen) atoms. The lowest BCUT2D eigenvalue weighted by Gasteiger charge is -2.25. The Morgan fingerprint density at radius 2 is 1.24 bits per heavy atom. The van der Waals surface area contributed by atoms with Crippen molar-refractivity contribution in [2.45, 2.75) is 24.0 Å². The number of amides is 2. The summed E-state index contributed by atoms with van der Waals surface area (Å²) in [4.78, 5) is 56.4. The number of ether oxygens (including phenoxy) is 3. The van der Waals surface area contributed by atoms with Gasteiger partial charge in [-0.15, -0.1) is 0 Å². The Morgan fingerprint density at radius 1 is 0.756 bits per heavy atom. The standard InChI is InChI=1S/C31H31N3O7/c1-20-18-30(40-26(20)35)22-8-4-6-10-24(22)33(28(30)37)13-12-32(3)14-16-39-17-15-34-25-11-7-5-9-23(25)31(29(34)38)19-21(2)27(36)41-31/h4-11H,1-2,12-19H2,3H3. The third kappa shape index (κ3) is 4.17. The number of hydrogen-bond acceptors (Lipinski definition) is 8. The SMILES string of the molecule is C=C1CC2(OC1=O)C(=O)N(CCOCCN(C)CCN1C(=O)C3(CC(=C)C(=O)O3)c3ccccc31)c1ccccc12. The molecule has 4 aliphatic rings. The quantitative estimate of drug-likeness (QED) is 0.263. The average Bonchev–Trinajstić information content (AvgIpc) is 3.59. The van der Waals surface area contributed by atoms with E-state index in [1.54, 1.807) is 9.80 Å². The van der Waals surface area contributed by atoms with Crippen molar-refractivity contribution in [2.24, 2.45) is 0 Å². The first kappa shape index (κ1) is 26.9. The Bertz CT molecular complexity index is 1470. The van der Waals surface area contributed by atoms with Gasteiger partial charge in [0.15, 0.2) is 0 Å². The summed E-state index contributed by atoms with van der Waals surface area (Å²) < 4.78 is 17.0. The van der Waals surface area contributed by atoms with E-state index in [9.17, 15) is 19.2 Å². The van der Waals surface area contributed by atoms with E-state index in [2.05, 4.69) is 18.1 Å². The minimum absolute atomic E-state index is 0.145. The van der Waals surface area contributed by atoms with Crippen molar-refractivity contribution >= 4 is 35.1 Å². The maximum atomic E-state index is 13.5. The van der Waals surface area contributed by atoms with Crippen molar-refractivity contribution in [3.8, 4) is 0 Å². The highest BCUT2D eigenvalue weighted by Gasteiger charge is 2.59. The molecular formula is C31H31N3O7. The summed E-state index contributed by atoms with van der Waals surface area (Å²) in [5, 5.41) is 0. The number of nitrogens with zero attached hydrogens (tertiary/aromatic N) is 3. The minimum atomic E-state index is -1.33. The van der Waals surface area contributed by atoms with Gasteiger partial charge in [-0.2, -0.15) is 0 Å². The third-order valence-electron chi connectivity index (χ3n) is 8.26. The molecule has 2 amide bonds. The Kier molecular flexibility index (Phi) is 6.55. The maximum absolute atomic E-state index is 13.5. The summed E-state index contributed by atoms with van der Waals surface area (Å²) in [6.07, 6.45) is 0.302. The zero-order chi connectivity index (χ0) is 28.9. The number of carbonyl (C=O) groups excluding carboxylic acids is 4. The van der Waals surface area contributed by atoms with Gasteiger partial charge in [0.05, 0.1) is 24.6 Å². The highest BCUT2D eigenvalue weighted by atomic mass is 16.6. The van der Waals surface area contributed by atoms with Gasteiger partial charge in [-0.25, -0.2) is 9.59 Å². The van der Waals surface area contributed by atoms with Crippen LogP contribution in [0.15, 0.2) is 72.8 Å². The van der Waals surface area contributed by atoms with Crippen molar-refractivity contribution in [2.75, 3.05) is 56.2 Å². The Morgan fingerprint density at radius 3 is 1.73 bits per heavy atom. The van der Waals surface area contributed by atoms with Crippen LogP contribution in [0.25, 0.3) is 0 Å². The van der Waals surface area contributed by atoms with E-state index in [1.165, 1.54) is 0 Å². The van der Waals surface area contributed by atoms with Gasteiger partial charge in [0.2, 0.25) is 11.2 Å². The van der Waals surface area contributed by atoms with Crippen molar-refractivity contribution in [3.05, 3.63) is 84.0 Å². The van der Waals surface area contributed by atoms with Gasteiger partial charge in [-0.05, 0) is 19.2 Å². The van der Waals surface area contributed by atoms with Gasteiger partial charge < -0.3 is 28.9 Å². The van der Waals surface area contributed by atoms with Crippen LogP contribution in [-0.4, -0.2) is 75.1 Å². The number of carbonyl (C=O) groups is 4. The number of benzene rings is 2. The van der Waals surface area contributed by atoms with E-state index in [4.69, 9.17) is 14.2 Å². The van der Waals surface area contributed by atoms with Gasteiger partial charge in [0.1, 0.15) is 0 Å². The summed E-state index contributed by atoms with van der Waals surface area (Å²) in [5.41, 5.74) is 0.763. The van der Waals surface area contributed by atoms with Crippen LogP contribution in [0.4, 0.5) is 11.4 Å². The van der Waals surface area contributed by atoms with Crippen molar-refractivity contribution in [1.29, 1.82) is 0 Å². The molecule has 2 fully saturated rings. The second-order valence-corrected chi connectivity index (χ2v) is 10.9. The van der Waals surface area contributed by atoms with Gasteiger partial charge in [-0.3, -0.25) is 9.59 Å². The normalized spacial score (nSPS) is 24.7. The van der Waals surface area contributed by atoms with Gasteiger partial charge in [-0.1, -0.05) is 49.6 Å². The smallest absolute Gasteiger partial charge is 0.335 e. The molecular weight excluding hydrogens is 526 g/mol. The molecule has 212 valence electrons. The van der Waals surface area contributed by atoms with Crippen LogP contribution in [0.3, 0.4) is 0 Å². The van der Waals surface area contributed by atoms with Gasteiger partial charge >= 0.3 is 11.9 Å². The molecule has 6 rings (SSSR count). The van der Waals surface area contributed by atoms with Gasteiger partial charge in [0.25, 0.3) is 11.8 Å². The van der Waals surface area contributed by atoms with E-state index >= 15 is 0 Å². The Balaban J connectivity index is 1.01. The van der Waals surface area contributed by atoms with Crippen LogP contribution in [-0.2, 0) is 44.6 Å². The second kappa shape index (κ2) is 9.97. The fraction of sp³-hybridized carbons (Fsp3) is 0.355. The predicted molar refractivity (Wildman–Crippen MR) is 149 cm³/mol. The van der Waals surface area contributed by atoms with Crippen LogP contribution in [0.5, 0.6) is 0 Å². The molecule has 2 saturated heterocycles. The van der Waals surface area contributed by atoms with Crippen LogP contribution >= 0.6 is 0 Å². The summed E-state index contributed by atoms with van der Waals surface area (Å²) >= 11 is 0. The lowest BCUT2D eigenvalue weighted by molar-refractivity contribution is -0.156. The average molecular weight is 558 g/mol. The van der Waals surface area contributed by atoms with E-state index in [1.807, 2.05) is 55.6 Å². The highest BCUT2D eigenvalue weighted by molar-refractivity contribution is 6.12. The molecule has 0 bridgehead atoms. The summed E-state index contributed by atoms with van der Waals surface area (Å²) in [6.45, 7) is 10.1. The molecule has 0 aliphatic carbocycles. The second-order valence-electron chi connectivity index (χ2n) is 10.9. The number of fused-ring (bicyclic) bond motifs is 4. The summed E-state index contributed by atoms with van der Waals surface area (Å²) in [7, 11) is 1.94. The number of esters is 2. The highest BCUT2D eigenvalue weighted by Crippen LogP contribution is 2.50. The molecule has 0 saturated carbocycles. The molecule has 2 atom stereocenters. The zero-order valence-electron chi connectivity index (χ0n) is 22.9. The number of rotatable bonds is 9. The van der Waals surface area contributed by atoms with Gasteiger partial charge in [0, 0.05) is 61.3 Å².